The van der Waals surface area contributed by atoms with Crippen LogP contribution in [0.15, 0.2) is 0 Å². The monoisotopic (exact) mass is 267 g/mol. The maximum Gasteiger partial charge on any atom is 0.248 e. The van der Waals surface area contributed by atoms with Crippen LogP contribution >= 0.6 is 0 Å². The van der Waals surface area contributed by atoms with E-state index >= 15 is 0 Å². The molecule has 3 nitrogen and oxygen atoms in total. The van der Waals surface area contributed by atoms with Crippen molar-refractivity contribution in [2.45, 2.75) is 44.1 Å². The van der Waals surface area contributed by atoms with E-state index in [2.05, 4.69) is 5.32 Å². The SMILES string of the molecule is O=S1(=O)CCCC(NCC2CCC(F)(F)C2)C1. The van der Waals surface area contributed by atoms with Crippen LogP contribution in [0, 0.1) is 5.92 Å². The number of alkyl halides is 2. The molecule has 0 aromatic rings. The molecule has 2 rings (SSSR count). The van der Waals surface area contributed by atoms with Crippen LogP contribution in [-0.2, 0) is 9.84 Å². The van der Waals surface area contributed by atoms with Gasteiger partial charge in [0, 0.05) is 18.9 Å². The molecular weight excluding hydrogens is 248 g/mol. The van der Waals surface area contributed by atoms with E-state index in [-0.39, 0.29) is 36.3 Å². The Morgan fingerprint density at radius 1 is 1.29 bits per heavy atom. The standard InChI is InChI=1S/C11H19F2NO2S/c12-11(13)4-3-9(6-11)7-14-10-2-1-5-17(15,16)8-10/h9-10,14H,1-8H2. The summed E-state index contributed by atoms with van der Waals surface area (Å²) in [6, 6.07) is -0.0389. The third-order valence-corrected chi connectivity index (χ3v) is 5.48. The Bertz CT molecular complexity index is 370. The van der Waals surface area contributed by atoms with Gasteiger partial charge in [0.1, 0.15) is 0 Å². The van der Waals surface area contributed by atoms with Crippen molar-refractivity contribution in [1.82, 2.24) is 5.32 Å². The van der Waals surface area contributed by atoms with Gasteiger partial charge >= 0.3 is 0 Å². The van der Waals surface area contributed by atoms with Crippen molar-refractivity contribution in [1.29, 1.82) is 0 Å². The Hall–Kier alpha value is -0.230. The van der Waals surface area contributed by atoms with Crippen LogP contribution in [0.3, 0.4) is 0 Å². The lowest BCUT2D eigenvalue weighted by atomic mass is 10.1. The third-order valence-electron chi connectivity index (χ3n) is 3.66. The van der Waals surface area contributed by atoms with Gasteiger partial charge in [-0.25, -0.2) is 17.2 Å². The summed E-state index contributed by atoms with van der Waals surface area (Å²) in [6.45, 7) is 0.524. The third kappa shape index (κ3) is 3.88. The molecule has 100 valence electrons. The molecule has 1 N–H and O–H groups in total. The zero-order valence-corrected chi connectivity index (χ0v) is 10.6. The van der Waals surface area contributed by atoms with Crippen molar-refractivity contribution >= 4 is 9.84 Å². The van der Waals surface area contributed by atoms with E-state index in [9.17, 15) is 17.2 Å². The molecule has 2 aliphatic rings. The Kier molecular flexibility index (Phi) is 3.73. The van der Waals surface area contributed by atoms with Gasteiger partial charge in [-0.05, 0) is 31.7 Å². The summed E-state index contributed by atoms with van der Waals surface area (Å²) in [5.41, 5.74) is 0. The van der Waals surface area contributed by atoms with Crippen LogP contribution in [-0.4, -0.2) is 38.4 Å². The molecule has 2 atom stereocenters. The molecule has 1 heterocycles. The second-order valence-corrected chi connectivity index (χ2v) is 7.56. The number of nitrogens with one attached hydrogen (secondary N) is 1. The fourth-order valence-electron chi connectivity index (χ4n) is 2.73. The van der Waals surface area contributed by atoms with Crippen LogP contribution < -0.4 is 5.32 Å². The van der Waals surface area contributed by atoms with Crippen LogP contribution in [0.4, 0.5) is 8.78 Å². The highest BCUT2D eigenvalue weighted by Crippen LogP contribution is 2.38. The lowest BCUT2D eigenvalue weighted by Gasteiger charge is -2.24. The summed E-state index contributed by atoms with van der Waals surface area (Å²) in [7, 11) is -2.91. The van der Waals surface area contributed by atoms with Crippen LogP contribution in [0.1, 0.15) is 32.1 Å². The van der Waals surface area contributed by atoms with Crippen LogP contribution in [0.2, 0.25) is 0 Å². The maximum atomic E-state index is 13.0. The van der Waals surface area contributed by atoms with E-state index in [1.807, 2.05) is 0 Å². The molecule has 0 amide bonds. The van der Waals surface area contributed by atoms with Crippen molar-refractivity contribution in [3.05, 3.63) is 0 Å². The molecule has 0 aromatic heterocycles. The van der Waals surface area contributed by atoms with Gasteiger partial charge in [0.05, 0.1) is 11.5 Å². The van der Waals surface area contributed by atoms with E-state index in [1.165, 1.54) is 0 Å². The summed E-state index contributed by atoms with van der Waals surface area (Å²) in [5.74, 6) is -2.08. The largest absolute Gasteiger partial charge is 0.313 e. The van der Waals surface area contributed by atoms with Gasteiger partial charge in [-0.3, -0.25) is 0 Å². The molecule has 1 aliphatic heterocycles. The minimum Gasteiger partial charge on any atom is -0.313 e. The molecule has 17 heavy (non-hydrogen) atoms. The van der Waals surface area contributed by atoms with Gasteiger partial charge in [-0.2, -0.15) is 0 Å². The number of hydrogen-bond donors (Lipinski definition) is 1. The first kappa shape index (κ1) is 13.2. The average Bonchev–Trinajstić information content (AvgIpc) is 2.54. The first-order valence-corrected chi connectivity index (χ1v) is 8.00. The van der Waals surface area contributed by atoms with Crippen molar-refractivity contribution in [2.24, 2.45) is 5.92 Å². The zero-order chi connectivity index (χ0) is 12.5. The number of rotatable bonds is 3. The quantitative estimate of drug-likeness (QED) is 0.844. The predicted octanol–water partition coefficient (Wildman–Crippen LogP) is 1.59. The van der Waals surface area contributed by atoms with Crippen molar-refractivity contribution in [2.75, 3.05) is 18.1 Å². The summed E-state index contributed by atoms with van der Waals surface area (Å²) >= 11 is 0. The molecule has 1 saturated heterocycles. The first-order valence-electron chi connectivity index (χ1n) is 6.18. The molecule has 2 unspecified atom stereocenters. The van der Waals surface area contributed by atoms with Gasteiger partial charge in [0.2, 0.25) is 5.92 Å². The molecule has 6 heteroatoms. The van der Waals surface area contributed by atoms with Crippen molar-refractivity contribution in [3.63, 3.8) is 0 Å². The Morgan fingerprint density at radius 3 is 2.65 bits per heavy atom. The fourth-order valence-corrected chi connectivity index (χ4v) is 4.40. The molecule has 0 spiro atoms. The van der Waals surface area contributed by atoms with E-state index in [0.29, 0.717) is 19.4 Å². The Balaban J connectivity index is 1.76. The van der Waals surface area contributed by atoms with E-state index < -0.39 is 15.8 Å². The molecule has 2 fully saturated rings. The summed E-state index contributed by atoms with van der Waals surface area (Å²) < 4.78 is 48.7. The lowest BCUT2D eigenvalue weighted by molar-refractivity contribution is 0.00498. The van der Waals surface area contributed by atoms with Gasteiger partial charge in [-0.1, -0.05) is 0 Å². The molecule has 0 bridgehead atoms. The fraction of sp³-hybridized carbons (Fsp3) is 1.00. The smallest absolute Gasteiger partial charge is 0.248 e. The van der Waals surface area contributed by atoms with E-state index in [4.69, 9.17) is 0 Å². The maximum absolute atomic E-state index is 13.0. The van der Waals surface area contributed by atoms with E-state index in [0.717, 1.165) is 6.42 Å². The highest BCUT2D eigenvalue weighted by atomic mass is 32.2. The van der Waals surface area contributed by atoms with Crippen LogP contribution in [0.5, 0.6) is 0 Å². The number of halogens is 2. The lowest BCUT2D eigenvalue weighted by Crippen LogP contribution is -2.42. The highest BCUT2D eigenvalue weighted by Gasteiger charge is 2.39. The summed E-state index contributed by atoms with van der Waals surface area (Å²) in [4.78, 5) is 0. The van der Waals surface area contributed by atoms with Gasteiger partial charge < -0.3 is 5.32 Å². The molecular formula is C11H19F2NO2S. The number of hydrogen-bond acceptors (Lipinski definition) is 3. The van der Waals surface area contributed by atoms with Gasteiger partial charge in [-0.15, -0.1) is 0 Å². The predicted molar refractivity (Wildman–Crippen MR) is 62.0 cm³/mol. The molecule has 1 saturated carbocycles. The van der Waals surface area contributed by atoms with E-state index in [1.54, 1.807) is 0 Å². The first-order chi connectivity index (χ1) is 7.86. The minimum atomic E-state index is -2.91. The van der Waals surface area contributed by atoms with Crippen LogP contribution in [0.25, 0.3) is 0 Å². The normalized spacial score (nSPS) is 35.9. The zero-order valence-electron chi connectivity index (χ0n) is 9.79. The Morgan fingerprint density at radius 2 is 2.06 bits per heavy atom. The van der Waals surface area contributed by atoms with Crippen molar-refractivity contribution < 1.29 is 17.2 Å². The van der Waals surface area contributed by atoms with Gasteiger partial charge in [0.15, 0.2) is 9.84 Å². The highest BCUT2D eigenvalue weighted by molar-refractivity contribution is 7.91. The van der Waals surface area contributed by atoms with Crippen molar-refractivity contribution in [3.8, 4) is 0 Å². The Labute approximate surface area is 101 Å². The van der Waals surface area contributed by atoms with Gasteiger partial charge in [0.25, 0.3) is 0 Å². The second kappa shape index (κ2) is 4.80. The molecule has 0 aromatic carbocycles. The topological polar surface area (TPSA) is 46.2 Å². The summed E-state index contributed by atoms with van der Waals surface area (Å²) in [6.07, 6.45) is 1.98. The number of sulfone groups is 1. The average molecular weight is 267 g/mol. The molecule has 1 aliphatic carbocycles. The summed E-state index contributed by atoms with van der Waals surface area (Å²) in [5, 5.41) is 3.14. The second-order valence-electron chi connectivity index (χ2n) is 5.33. The molecule has 0 radical (unpaired) electrons. The minimum absolute atomic E-state index is 0.00497.